The molecule has 2 aliphatic heterocycles. The zero-order valence-corrected chi connectivity index (χ0v) is 22.0. The molecule has 200 valence electrons. The van der Waals surface area contributed by atoms with Crippen molar-refractivity contribution in [2.75, 3.05) is 56.2 Å². The third-order valence-corrected chi connectivity index (χ3v) is 7.12. The summed E-state index contributed by atoms with van der Waals surface area (Å²) in [5.41, 5.74) is 2.42. The number of nitrogens with zero attached hydrogens (tertiary/aromatic N) is 5. The fourth-order valence-corrected chi connectivity index (χ4v) is 5.06. The van der Waals surface area contributed by atoms with Crippen molar-refractivity contribution >= 4 is 35.0 Å². The molecule has 0 unspecified atom stereocenters. The summed E-state index contributed by atoms with van der Waals surface area (Å²) in [6.45, 7) is 7.17. The molecule has 5 rings (SSSR count). The predicted molar refractivity (Wildman–Crippen MR) is 144 cm³/mol. The van der Waals surface area contributed by atoms with Gasteiger partial charge in [0.15, 0.2) is 0 Å². The number of nitrogens with one attached hydrogen (secondary N) is 1. The van der Waals surface area contributed by atoms with Gasteiger partial charge in [-0.25, -0.2) is 14.2 Å². The molecular weight excluding hydrogens is 511 g/mol. The van der Waals surface area contributed by atoms with Crippen LogP contribution >= 0.6 is 11.6 Å². The summed E-state index contributed by atoms with van der Waals surface area (Å²) in [6.07, 6.45) is 6.90. The first kappa shape index (κ1) is 26.3. The minimum atomic E-state index is -0.494. The second kappa shape index (κ2) is 12.0. The van der Waals surface area contributed by atoms with Crippen LogP contribution in [-0.2, 0) is 9.47 Å². The number of esters is 1. The number of piperidine rings is 1. The van der Waals surface area contributed by atoms with Crippen LogP contribution in [0.25, 0.3) is 11.1 Å². The molecule has 2 fully saturated rings. The molecule has 2 aromatic heterocycles. The third-order valence-electron chi connectivity index (χ3n) is 6.83. The van der Waals surface area contributed by atoms with Gasteiger partial charge in [0, 0.05) is 67.6 Å². The maximum Gasteiger partial charge on any atom is 0.339 e. The van der Waals surface area contributed by atoms with Crippen molar-refractivity contribution < 1.29 is 18.7 Å². The molecular formula is C27H30ClFN6O3. The Balaban J connectivity index is 1.44. The molecule has 0 radical (unpaired) electrons. The van der Waals surface area contributed by atoms with Crippen molar-refractivity contribution in [2.24, 2.45) is 0 Å². The monoisotopic (exact) mass is 540 g/mol. The van der Waals surface area contributed by atoms with E-state index in [9.17, 15) is 9.18 Å². The molecule has 3 aromatic rings. The Morgan fingerprint density at radius 2 is 1.95 bits per heavy atom. The van der Waals surface area contributed by atoms with Gasteiger partial charge in [-0.3, -0.25) is 9.88 Å². The van der Waals surface area contributed by atoms with Gasteiger partial charge in [-0.05, 0) is 44.0 Å². The van der Waals surface area contributed by atoms with Crippen LogP contribution in [0.3, 0.4) is 0 Å². The fraction of sp³-hybridized carbons (Fsp3) is 0.407. The van der Waals surface area contributed by atoms with Gasteiger partial charge in [0.1, 0.15) is 11.6 Å². The van der Waals surface area contributed by atoms with Crippen molar-refractivity contribution in [1.29, 1.82) is 0 Å². The van der Waals surface area contributed by atoms with Crippen LogP contribution in [0, 0.1) is 5.82 Å². The van der Waals surface area contributed by atoms with E-state index in [1.165, 1.54) is 18.3 Å². The summed E-state index contributed by atoms with van der Waals surface area (Å²) in [6, 6.07) is 6.63. The van der Waals surface area contributed by atoms with E-state index in [-0.39, 0.29) is 11.6 Å². The van der Waals surface area contributed by atoms with Gasteiger partial charge in [0.2, 0.25) is 5.95 Å². The molecule has 4 heterocycles. The second-order valence-corrected chi connectivity index (χ2v) is 9.64. The Labute approximate surface area is 225 Å². The number of carbonyl (C=O) groups is 1. The number of ether oxygens (including phenoxy) is 2. The largest absolute Gasteiger partial charge is 0.462 e. The number of anilines is 3. The topological polar surface area (TPSA) is 92.7 Å². The Kier molecular flexibility index (Phi) is 8.31. The molecule has 0 spiro atoms. The van der Waals surface area contributed by atoms with Gasteiger partial charge >= 0.3 is 5.97 Å². The lowest BCUT2D eigenvalue weighted by Gasteiger charge is -2.40. The number of halogens is 2. The number of rotatable bonds is 7. The molecule has 1 N–H and O–H groups in total. The van der Waals surface area contributed by atoms with Crippen LogP contribution in [0.4, 0.5) is 21.8 Å². The molecule has 1 aromatic carbocycles. The van der Waals surface area contributed by atoms with Gasteiger partial charge < -0.3 is 19.7 Å². The van der Waals surface area contributed by atoms with Gasteiger partial charge in [0.05, 0.1) is 30.4 Å². The number of carbonyl (C=O) groups excluding carboxylic acids is 1. The summed E-state index contributed by atoms with van der Waals surface area (Å²) in [4.78, 5) is 30.7. The fourth-order valence-electron chi connectivity index (χ4n) is 4.88. The molecule has 38 heavy (non-hydrogen) atoms. The van der Waals surface area contributed by atoms with E-state index in [1.807, 2.05) is 0 Å². The lowest BCUT2D eigenvalue weighted by molar-refractivity contribution is 0.0115. The van der Waals surface area contributed by atoms with Crippen molar-refractivity contribution in [3.8, 4) is 11.1 Å². The van der Waals surface area contributed by atoms with Crippen molar-refractivity contribution in [3.05, 3.63) is 59.3 Å². The Morgan fingerprint density at radius 3 is 2.68 bits per heavy atom. The van der Waals surface area contributed by atoms with E-state index in [1.54, 1.807) is 31.5 Å². The zero-order valence-electron chi connectivity index (χ0n) is 21.2. The van der Waals surface area contributed by atoms with Gasteiger partial charge in [-0.2, -0.15) is 4.98 Å². The number of aromatic nitrogens is 3. The van der Waals surface area contributed by atoms with Crippen molar-refractivity contribution in [2.45, 2.75) is 25.8 Å². The highest BCUT2D eigenvalue weighted by Gasteiger charge is 2.28. The smallest absolute Gasteiger partial charge is 0.339 e. The quantitative estimate of drug-likeness (QED) is 0.433. The van der Waals surface area contributed by atoms with Crippen LogP contribution in [0.2, 0.25) is 5.02 Å². The highest BCUT2D eigenvalue weighted by atomic mass is 35.5. The predicted octanol–water partition coefficient (Wildman–Crippen LogP) is 4.55. The maximum absolute atomic E-state index is 13.6. The molecule has 0 bridgehead atoms. The van der Waals surface area contributed by atoms with E-state index in [0.717, 1.165) is 69.2 Å². The van der Waals surface area contributed by atoms with E-state index < -0.39 is 11.8 Å². The summed E-state index contributed by atoms with van der Waals surface area (Å²) >= 11 is 5.96. The Hall–Kier alpha value is -3.34. The highest BCUT2D eigenvalue weighted by molar-refractivity contribution is 6.31. The van der Waals surface area contributed by atoms with Crippen molar-refractivity contribution in [3.63, 3.8) is 0 Å². The van der Waals surface area contributed by atoms with Crippen LogP contribution < -0.4 is 10.2 Å². The molecule has 2 aliphatic rings. The molecule has 11 heteroatoms. The molecule has 0 aliphatic carbocycles. The van der Waals surface area contributed by atoms with E-state index in [2.05, 4.69) is 25.1 Å². The normalized spacial score (nSPS) is 16.9. The summed E-state index contributed by atoms with van der Waals surface area (Å²) < 4.78 is 24.3. The summed E-state index contributed by atoms with van der Waals surface area (Å²) in [5.74, 6) is 0.170. The third kappa shape index (κ3) is 6.03. The molecule has 0 atom stereocenters. The van der Waals surface area contributed by atoms with Crippen LogP contribution in [0.1, 0.15) is 30.1 Å². The van der Waals surface area contributed by atoms with Crippen LogP contribution in [-0.4, -0.2) is 77.9 Å². The lowest BCUT2D eigenvalue weighted by atomic mass is 10.0. The van der Waals surface area contributed by atoms with E-state index >= 15 is 0 Å². The first-order valence-corrected chi connectivity index (χ1v) is 13.2. The molecule has 2 saturated heterocycles. The standard InChI is InChI=1S/C27H30ClFN6O3/c1-2-38-26(36)19-13-18(15-30-16-19)22-17-31-27(32-20-3-4-24(29)23(28)14-20)33-25(22)35-7-5-21(6-8-35)34-9-11-37-12-10-34/h3-4,13-17,21H,2,5-12H2,1H3,(H,31,32,33). The first-order chi connectivity index (χ1) is 18.5. The highest BCUT2D eigenvalue weighted by Crippen LogP contribution is 2.33. The average molecular weight is 541 g/mol. The number of hydrogen-bond acceptors (Lipinski definition) is 9. The SMILES string of the molecule is CCOC(=O)c1cncc(-c2cnc(Nc3ccc(F)c(Cl)c3)nc2N2CCC(N3CCOCC3)CC2)c1. The minimum absolute atomic E-state index is 0.0129. The first-order valence-electron chi connectivity index (χ1n) is 12.8. The van der Waals surface area contributed by atoms with Gasteiger partial charge in [-0.1, -0.05) is 11.6 Å². The lowest BCUT2D eigenvalue weighted by Crippen LogP contribution is -2.49. The van der Waals surface area contributed by atoms with Crippen LogP contribution in [0.5, 0.6) is 0 Å². The zero-order chi connectivity index (χ0) is 26.5. The van der Waals surface area contributed by atoms with E-state index in [0.29, 0.717) is 23.2 Å². The van der Waals surface area contributed by atoms with Gasteiger partial charge in [-0.15, -0.1) is 0 Å². The average Bonchev–Trinajstić information content (AvgIpc) is 2.96. The Morgan fingerprint density at radius 1 is 1.16 bits per heavy atom. The minimum Gasteiger partial charge on any atom is -0.462 e. The number of pyridine rings is 1. The molecule has 0 saturated carbocycles. The maximum atomic E-state index is 13.6. The summed E-state index contributed by atoms with van der Waals surface area (Å²) in [7, 11) is 0. The number of hydrogen-bond donors (Lipinski definition) is 1. The van der Waals surface area contributed by atoms with Crippen LogP contribution in [0.15, 0.2) is 42.9 Å². The summed E-state index contributed by atoms with van der Waals surface area (Å²) in [5, 5.41) is 3.14. The second-order valence-electron chi connectivity index (χ2n) is 9.23. The van der Waals surface area contributed by atoms with Crippen molar-refractivity contribution in [1.82, 2.24) is 19.9 Å². The number of benzene rings is 1. The molecule has 0 amide bonds. The van der Waals surface area contributed by atoms with E-state index in [4.69, 9.17) is 26.1 Å². The molecule has 9 nitrogen and oxygen atoms in total. The Bertz CT molecular complexity index is 1280. The van der Waals surface area contributed by atoms with Gasteiger partial charge in [0.25, 0.3) is 0 Å². The number of morpholine rings is 1.